The minimum Gasteiger partial charge on any atom is -0.387 e. The monoisotopic (exact) mass is 258 g/mol. The molecule has 19 heavy (non-hydrogen) atoms. The van der Waals surface area contributed by atoms with E-state index in [0.717, 1.165) is 29.0 Å². The predicted molar refractivity (Wildman–Crippen MR) is 75.1 cm³/mol. The SMILES string of the molecule is Cc1ccc2nccc(N3CC[C@](O)(CN)C3)c2n1. The largest absolute Gasteiger partial charge is 0.387 e. The molecule has 0 saturated carbocycles. The summed E-state index contributed by atoms with van der Waals surface area (Å²) in [5, 5.41) is 10.3. The molecule has 1 aliphatic heterocycles. The average molecular weight is 258 g/mol. The summed E-state index contributed by atoms with van der Waals surface area (Å²) in [5.41, 5.74) is 8.63. The Kier molecular flexibility index (Phi) is 2.88. The van der Waals surface area contributed by atoms with E-state index < -0.39 is 5.60 Å². The van der Waals surface area contributed by atoms with Crippen LogP contribution in [0.3, 0.4) is 0 Å². The topological polar surface area (TPSA) is 75.3 Å². The third-order valence-corrected chi connectivity index (χ3v) is 3.75. The fourth-order valence-corrected chi connectivity index (χ4v) is 2.59. The van der Waals surface area contributed by atoms with Crippen LogP contribution in [0.1, 0.15) is 12.1 Å². The van der Waals surface area contributed by atoms with Crippen LogP contribution in [-0.2, 0) is 0 Å². The van der Waals surface area contributed by atoms with Crippen molar-refractivity contribution in [2.24, 2.45) is 5.73 Å². The molecule has 3 N–H and O–H groups in total. The van der Waals surface area contributed by atoms with E-state index in [1.165, 1.54) is 0 Å². The van der Waals surface area contributed by atoms with Crippen LogP contribution in [0, 0.1) is 6.92 Å². The van der Waals surface area contributed by atoms with E-state index in [0.29, 0.717) is 19.5 Å². The van der Waals surface area contributed by atoms with E-state index in [9.17, 15) is 5.11 Å². The van der Waals surface area contributed by atoms with Crippen LogP contribution in [0.4, 0.5) is 5.69 Å². The predicted octanol–water partition coefficient (Wildman–Crippen LogP) is 0.838. The second-order valence-electron chi connectivity index (χ2n) is 5.25. The molecule has 0 unspecified atom stereocenters. The minimum absolute atomic E-state index is 0.291. The van der Waals surface area contributed by atoms with E-state index in [1.807, 2.05) is 25.1 Å². The minimum atomic E-state index is -0.778. The second kappa shape index (κ2) is 4.43. The summed E-state index contributed by atoms with van der Waals surface area (Å²) < 4.78 is 0. The fourth-order valence-electron chi connectivity index (χ4n) is 2.59. The maximum atomic E-state index is 10.3. The normalized spacial score (nSPS) is 23.2. The number of fused-ring (bicyclic) bond motifs is 1. The van der Waals surface area contributed by atoms with Crippen molar-refractivity contribution in [2.75, 3.05) is 24.5 Å². The Balaban J connectivity index is 2.04. The van der Waals surface area contributed by atoms with Crippen molar-refractivity contribution in [1.29, 1.82) is 0 Å². The number of aliphatic hydroxyl groups is 1. The highest BCUT2D eigenvalue weighted by molar-refractivity contribution is 5.88. The Hall–Kier alpha value is -1.72. The van der Waals surface area contributed by atoms with Gasteiger partial charge in [-0.2, -0.15) is 0 Å². The fraction of sp³-hybridized carbons (Fsp3) is 0.429. The van der Waals surface area contributed by atoms with Crippen molar-refractivity contribution in [3.05, 3.63) is 30.1 Å². The Morgan fingerprint density at radius 3 is 3.00 bits per heavy atom. The van der Waals surface area contributed by atoms with Crippen LogP contribution >= 0.6 is 0 Å². The highest BCUT2D eigenvalue weighted by Crippen LogP contribution is 2.30. The van der Waals surface area contributed by atoms with Crippen molar-refractivity contribution >= 4 is 16.7 Å². The first-order valence-electron chi connectivity index (χ1n) is 6.51. The maximum Gasteiger partial charge on any atom is 0.112 e. The van der Waals surface area contributed by atoms with Crippen LogP contribution in [0.5, 0.6) is 0 Å². The quantitative estimate of drug-likeness (QED) is 0.835. The molecular formula is C14H18N4O. The number of hydrogen-bond acceptors (Lipinski definition) is 5. The summed E-state index contributed by atoms with van der Waals surface area (Å²) in [6.45, 7) is 3.61. The highest BCUT2D eigenvalue weighted by atomic mass is 16.3. The average Bonchev–Trinajstić information content (AvgIpc) is 2.81. The van der Waals surface area contributed by atoms with E-state index >= 15 is 0 Å². The molecule has 100 valence electrons. The van der Waals surface area contributed by atoms with E-state index in [-0.39, 0.29) is 0 Å². The van der Waals surface area contributed by atoms with Crippen molar-refractivity contribution in [2.45, 2.75) is 18.9 Å². The Bertz CT molecular complexity index is 615. The molecule has 2 aromatic heterocycles. The van der Waals surface area contributed by atoms with Crippen molar-refractivity contribution in [3.8, 4) is 0 Å². The molecule has 3 heterocycles. The molecule has 5 heteroatoms. The number of aryl methyl sites for hydroxylation is 1. The van der Waals surface area contributed by atoms with Crippen molar-refractivity contribution in [3.63, 3.8) is 0 Å². The molecule has 1 fully saturated rings. The lowest BCUT2D eigenvalue weighted by Gasteiger charge is -2.23. The highest BCUT2D eigenvalue weighted by Gasteiger charge is 2.35. The smallest absolute Gasteiger partial charge is 0.112 e. The molecule has 1 aliphatic rings. The zero-order chi connectivity index (χ0) is 13.5. The third kappa shape index (κ3) is 2.15. The number of β-amino-alcohol motifs (C(OH)–C–C–N with tert-alkyl or cyclic N) is 1. The number of hydrogen-bond donors (Lipinski definition) is 2. The number of anilines is 1. The number of nitrogens with two attached hydrogens (primary N) is 1. The van der Waals surface area contributed by atoms with Gasteiger partial charge in [-0.05, 0) is 31.5 Å². The van der Waals surface area contributed by atoms with Crippen LogP contribution < -0.4 is 10.6 Å². The zero-order valence-electron chi connectivity index (χ0n) is 11.0. The maximum absolute atomic E-state index is 10.3. The lowest BCUT2D eigenvalue weighted by molar-refractivity contribution is 0.0726. The lowest BCUT2D eigenvalue weighted by Crippen LogP contribution is -2.40. The van der Waals surface area contributed by atoms with Gasteiger partial charge in [-0.15, -0.1) is 0 Å². The van der Waals surface area contributed by atoms with Crippen molar-refractivity contribution < 1.29 is 5.11 Å². The van der Waals surface area contributed by atoms with Gasteiger partial charge in [0, 0.05) is 31.5 Å². The Labute approximate surface area is 112 Å². The molecule has 2 aromatic rings. The molecule has 3 rings (SSSR count). The Morgan fingerprint density at radius 2 is 2.26 bits per heavy atom. The first-order valence-corrected chi connectivity index (χ1v) is 6.51. The number of aromatic nitrogens is 2. The number of rotatable bonds is 2. The number of nitrogens with zero attached hydrogens (tertiary/aromatic N) is 3. The summed E-state index contributed by atoms with van der Waals surface area (Å²) in [5.74, 6) is 0. The van der Waals surface area contributed by atoms with Crippen LogP contribution in [-0.4, -0.2) is 40.3 Å². The molecule has 0 spiro atoms. The number of pyridine rings is 2. The molecule has 0 aliphatic carbocycles. The van der Waals surface area contributed by atoms with E-state index in [1.54, 1.807) is 6.20 Å². The van der Waals surface area contributed by atoms with Gasteiger partial charge in [0.2, 0.25) is 0 Å². The molecule has 1 atom stereocenters. The van der Waals surface area contributed by atoms with Gasteiger partial charge in [-0.3, -0.25) is 4.98 Å². The zero-order valence-corrected chi connectivity index (χ0v) is 11.0. The van der Waals surface area contributed by atoms with Gasteiger partial charge in [-0.25, -0.2) is 4.98 Å². The molecule has 0 aromatic carbocycles. The summed E-state index contributed by atoms with van der Waals surface area (Å²) in [7, 11) is 0. The molecule has 0 bridgehead atoms. The van der Waals surface area contributed by atoms with Crippen LogP contribution in [0.2, 0.25) is 0 Å². The lowest BCUT2D eigenvalue weighted by atomic mass is 10.0. The van der Waals surface area contributed by atoms with E-state index in [4.69, 9.17) is 5.73 Å². The van der Waals surface area contributed by atoms with Gasteiger partial charge in [0.1, 0.15) is 5.52 Å². The van der Waals surface area contributed by atoms with Gasteiger partial charge >= 0.3 is 0 Å². The third-order valence-electron chi connectivity index (χ3n) is 3.75. The first kappa shape index (κ1) is 12.3. The van der Waals surface area contributed by atoms with Crippen molar-refractivity contribution in [1.82, 2.24) is 9.97 Å². The molecule has 1 saturated heterocycles. The Morgan fingerprint density at radius 1 is 1.42 bits per heavy atom. The van der Waals surface area contributed by atoms with Crippen LogP contribution in [0.25, 0.3) is 11.0 Å². The summed E-state index contributed by atoms with van der Waals surface area (Å²) in [6, 6.07) is 5.89. The molecule has 0 amide bonds. The molecule has 5 nitrogen and oxygen atoms in total. The van der Waals surface area contributed by atoms with Gasteiger partial charge in [0.25, 0.3) is 0 Å². The van der Waals surface area contributed by atoms with Gasteiger partial charge < -0.3 is 15.7 Å². The summed E-state index contributed by atoms with van der Waals surface area (Å²) in [6.07, 6.45) is 2.48. The van der Waals surface area contributed by atoms with E-state index in [2.05, 4.69) is 14.9 Å². The summed E-state index contributed by atoms with van der Waals surface area (Å²) in [4.78, 5) is 11.1. The van der Waals surface area contributed by atoms with Gasteiger partial charge in [0.15, 0.2) is 0 Å². The molecular weight excluding hydrogens is 240 g/mol. The first-order chi connectivity index (χ1) is 9.11. The van der Waals surface area contributed by atoms with Crippen LogP contribution in [0.15, 0.2) is 24.4 Å². The summed E-state index contributed by atoms with van der Waals surface area (Å²) >= 11 is 0. The van der Waals surface area contributed by atoms with Gasteiger partial charge in [0.05, 0.1) is 16.8 Å². The molecule has 0 radical (unpaired) electrons. The standard InChI is InChI=1S/C14H18N4O/c1-10-2-3-11-13(17-10)12(4-6-16-11)18-7-5-14(19,8-15)9-18/h2-4,6,19H,5,7-9,15H2,1H3/t14-/m0/s1. The second-order valence-corrected chi connectivity index (χ2v) is 5.25. The van der Waals surface area contributed by atoms with Gasteiger partial charge in [-0.1, -0.05) is 0 Å².